The van der Waals surface area contributed by atoms with Crippen molar-refractivity contribution in [3.05, 3.63) is 81.4 Å². The third kappa shape index (κ3) is 3.48. The third-order valence-electron chi connectivity index (χ3n) is 3.78. The summed E-state index contributed by atoms with van der Waals surface area (Å²) in [6, 6.07) is 14.4. The second kappa shape index (κ2) is 6.45. The van der Waals surface area contributed by atoms with Crippen molar-refractivity contribution < 1.29 is 19.9 Å². The molecule has 6 nitrogen and oxygen atoms in total. The van der Waals surface area contributed by atoms with Crippen LogP contribution in [0.2, 0.25) is 0 Å². The molecule has 0 bridgehead atoms. The highest BCUT2D eigenvalue weighted by Gasteiger charge is 2.10. The first-order valence-corrected chi connectivity index (χ1v) is 7.36. The lowest BCUT2D eigenvalue weighted by Gasteiger charge is -2.04. The van der Waals surface area contributed by atoms with Crippen molar-refractivity contribution in [1.29, 1.82) is 0 Å². The van der Waals surface area contributed by atoms with Gasteiger partial charge in [-0.05, 0) is 52.2 Å². The molecule has 0 amide bonds. The molecule has 0 unspecified atom stereocenters. The van der Waals surface area contributed by atoms with E-state index in [4.69, 9.17) is 5.11 Å². The van der Waals surface area contributed by atoms with Gasteiger partial charge in [-0.3, -0.25) is 10.1 Å². The molecule has 6 heteroatoms. The fourth-order valence-electron chi connectivity index (χ4n) is 2.48. The first kappa shape index (κ1) is 16.2. The summed E-state index contributed by atoms with van der Waals surface area (Å²) >= 11 is 0. The summed E-state index contributed by atoms with van der Waals surface area (Å²) in [5.74, 6) is -1.46. The van der Waals surface area contributed by atoms with Crippen LogP contribution in [0.5, 0.6) is 5.75 Å². The number of nitrogens with zero attached hydrogens (tertiary/aromatic N) is 1. The Bertz CT molecular complexity index is 1010. The summed E-state index contributed by atoms with van der Waals surface area (Å²) in [6.07, 6.45) is 3.64. The molecule has 0 spiro atoms. The van der Waals surface area contributed by atoms with Gasteiger partial charge < -0.3 is 10.2 Å². The second-order valence-corrected chi connectivity index (χ2v) is 5.46. The Hall–Kier alpha value is -3.67. The van der Waals surface area contributed by atoms with Crippen molar-refractivity contribution in [3.63, 3.8) is 0 Å². The zero-order valence-electron chi connectivity index (χ0n) is 12.9. The molecule has 0 aliphatic rings. The van der Waals surface area contributed by atoms with Gasteiger partial charge in [0.2, 0.25) is 0 Å². The lowest BCUT2D eigenvalue weighted by molar-refractivity contribution is -0.384. The number of benzene rings is 3. The van der Waals surface area contributed by atoms with E-state index in [0.717, 1.165) is 16.5 Å². The number of carboxylic acid groups (broad SMARTS) is 1. The molecule has 0 saturated heterocycles. The molecule has 0 atom stereocenters. The molecule has 2 N–H and O–H groups in total. The van der Waals surface area contributed by atoms with E-state index in [1.807, 2.05) is 24.3 Å². The smallest absolute Gasteiger partial charge is 0.339 e. The highest BCUT2D eigenvalue weighted by atomic mass is 16.6. The van der Waals surface area contributed by atoms with Gasteiger partial charge in [0.15, 0.2) is 0 Å². The Morgan fingerprint density at radius 2 is 1.56 bits per heavy atom. The number of nitro benzene ring substituents is 1. The van der Waals surface area contributed by atoms with E-state index >= 15 is 0 Å². The molecule has 3 aromatic carbocycles. The first-order chi connectivity index (χ1) is 11.9. The number of carboxylic acids is 1. The van der Waals surface area contributed by atoms with Crippen LogP contribution in [-0.2, 0) is 0 Å². The fourth-order valence-corrected chi connectivity index (χ4v) is 2.48. The van der Waals surface area contributed by atoms with Crippen molar-refractivity contribution in [3.8, 4) is 5.75 Å². The minimum atomic E-state index is -1.19. The zero-order chi connectivity index (χ0) is 18.0. The molecular formula is C19H13NO5. The average Bonchev–Trinajstić information content (AvgIpc) is 2.59. The van der Waals surface area contributed by atoms with Crippen LogP contribution in [0.4, 0.5) is 5.69 Å². The van der Waals surface area contributed by atoms with Gasteiger partial charge in [-0.25, -0.2) is 4.79 Å². The molecule has 0 saturated carbocycles. The predicted molar refractivity (Wildman–Crippen MR) is 94.6 cm³/mol. The number of phenols is 1. The van der Waals surface area contributed by atoms with Crippen molar-refractivity contribution in [2.45, 2.75) is 0 Å². The standard InChI is InChI=1S/C19H13NO5/c21-18-11-14-6-3-13(9-15(14)10-17(18)19(22)23)2-1-12-4-7-16(8-5-12)20(24)25/h1-11,21H,(H,22,23)/b2-1+. The van der Waals surface area contributed by atoms with Crippen molar-refractivity contribution in [2.75, 3.05) is 0 Å². The normalized spacial score (nSPS) is 11.0. The number of hydrogen-bond acceptors (Lipinski definition) is 4. The number of nitro groups is 1. The number of aromatic carboxylic acids is 1. The quantitative estimate of drug-likeness (QED) is 0.420. The summed E-state index contributed by atoms with van der Waals surface area (Å²) in [7, 11) is 0. The van der Waals surface area contributed by atoms with Gasteiger partial charge >= 0.3 is 5.97 Å². The van der Waals surface area contributed by atoms with Gasteiger partial charge in [0, 0.05) is 12.1 Å². The van der Waals surface area contributed by atoms with Gasteiger partial charge in [-0.2, -0.15) is 0 Å². The minimum Gasteiger partial charge on any atom is -0.507 e. The Kier molecular flexibility index (Phi) is 4.18. The molecule has 0 aliphatic carbocycles. The maximum absolute atomic E-state index is 11.1. The highest BCUT2D eigenvalue weighted by molar-refractivity contribution is 5.98. The SMILES string of the molecule is O=C(O)c1cc2cc(/C=C/c3ccc([N+](=O)[O-])cc3)ccc2cc1O. The Balaban J connectivity index is 1.91. The van der Waals surface area contributed by atoms with E-state index in [1.165, 1.54) is 24.3 Å². The predicted octanol–water partition coefficient (Wildman–Crippen LogP) is 4.32. The molecule has 0 aliphatic heterocycles. The van der Waals surface area contributed by atoms with Crippen LogP contribution in [0.1, 0.15) is 21.5 Å². The van der Waals surface area contributed by atoms with Crippen LogP contribution in [-0.4, -0.2) is 21.1 Å². The molecule has 3 rings (SSSR count). The zero-order valence-corrected chi connectivity index (χ0v) is 12.9. The lowest BCUT2D eigenvalue weighted by atomic mass is 10.0. The lowest BCUT2D eigenvalue weighted by Crippen LogP contribution is -1.96. The van der Waals surface area contributed by atoms with Crippen LogP contribution in [0.15, 0.2) is 54.6 Å². The molecule has 0 radical (unpaired) electrons. The average molecular weight is 335 g/mol. The molecule has 0 fully saturated rings. The highest BCUT2D eigenvalue weighted by Crippen LogP contribution is 2.26. The topological polar surface area (TPSA) is 101 Å². The van der Waals surface area contributed by atoms with E-state index in [9.17, 15) is 20.0 Å². The van der Waals surface area contributed by atoms with E-state index in [2.05, 4.69) is 0 Å². The maximum Gasteiger partial charge on any atom is 0.339 e. The van der Waals surface area contributed by atoms with Gasteiger partial charge in [0.1, 0.15) is 11.3 Å². The summed E-state index contributed by atoms with van der Waals surface area (Å²) in [4.78, 5) is 21.3. The summed E-state index contributed by atoms with van der Waals surface area (Å²) < 4.78 is 0. The van der Waals surface area contributed by atoms with Gasteiger partial charge in [-0.15, -0.1) is 0 Å². The number of carbonyl (C=O) groups is 1. The second-order valence-electron chi connectivity index (χ2n) is 5.46. The molecule has 25 heavy (non-hydrogen) atoms. The Morgan fingerprint density at radius 3 is 2.20 bits per heavy atom. The number of fused-ring (bicyclic) bond motifs is 1. The van der Waals surface area contributed by atoms with Crippen molar-refractivity contribution in [2.24, 2.45) is 0 Å². The number of hydrogen-bond donors (Lipinski definition) is 2. The van der Waals surface area contributed by atoms with E-state index in [1.54, 1.807) is 18.2 Å². The fraction of sp³-hybridized carbons (Fsp3) is 0. The molecular weight excluding hydrogens is 322 g/mol. The first-order valence-electron chi connectivity index (χ1n) is 7.36. The van der Waals surface area contributed by atoms with Crippen LogP contribution >= 0.6 is 0 Å². The number of rotatable bonds is 4. The van der Waals surface area contributed by atoms with Gasteiger partial charge in [0.25, 0.3) is 5.69 Å². The van der Waals surface area contributed by atoms with Crippen LogP contribution < -0.4 is 0 Å². The number of aromatic hydroxyl groups is 1. The monoisotopic (exact) mass is 335 g/mol. The number of non-ortho nitro benzene ring substituents is 1. The van der Waals surface area contributed by atoms with Crippen LogP contribution in [0, 0.1) is 10.1 Å². The third-order valence-corrected chi connectivity index (χ3v) is 3.78. The van der Waals surface area contributed by atoms with E-state index in [0.29, 0.717) is 5.39 Å². The maximum atomic E-state index is 11.1. The van der Waals surface area contributed by atoms with Gasteiger partial charge in [-0.1, -0.05) is 24.3 Å². The Labute approximate surface area is 142 Å². The van der Waals surface area contributed by atoms with E-state index in [-0.39, 0.29) is 17.0 Å². The molecule has 0 heterocycles. The Morgan fingerprint density at radius 1 is 0.920 bits per heavy atom. The largest absolute Gasteiger partial charge is 0.507 e. The molecule has 3 aromatic rings. The van der Waals surface area contributed by atoms with Crippen LogP contribution in [0.3, 0.4) is 0 Å². The molecule has 124 valence electrons. The van der Waals surface area contributed by atoms with Crippen molar-refractivity contribution >= 4 is 34.6 Å². The van der Waals surface area contributed by atoms with Crippen molar-refractivity contribution in [1.82, 2.24) is 0 Å². The van der Waals surface area contributed by atoms with Crippen LogP contribution in [0.25, 0.3) is 22.9 Å². The summed E-state index contributed by atoms with van der Waals surface area (Å²) in [6.45, 7) is 0. The minimum absolute atomic E-state index is 0.0314. The molecule has 0 aromatic heterocycles. The van der Waals surface area contributed by atoms with Gasteiger partial charge in [0.05, 0.1) is 4.92 Å². The van der Waals surface area contributed by atoms with E-state index < -0.39 is 10.9 Å². The summed E-state index contributed by atoms with van der Waals surface area (Å²) in [5.41, 5.74) is 1.53. The summed E-state index contributed by atoms with van der Waals surface area (Å²) in [5, 5.41) is 30.9.